The Kier molecular flexibility index (Phi) is 7.36. The molecule has 2 aromatic rings. The van der Waals surface area contributed by atoms with Crippen molar-refractivity contribution in [1.29, 1.82) is 0 Å². The van der Waals surface area contributed by atoms with Crippen molar-refractivity contribution in [1.82, 2.24) is 5.32 Å². The highest BCUT2D eigenvalue weighted by Gasteiger charge is 2.16. The molecule has 29 heavy (non-hydrogen) atoms. The minimum Gasteiger partial charge on any atom is -0.484 e. The molecule has 2 aromatic carbocycles. The second kappa shape index (κ2) is 10.2. The van der Waals surface area contributed by atoms with Crippen molar-refractivity contribution >= 4 is 34.8 Å². The number of benzene rings is 2. The first kappa shape index (κ1) is 21.0. The fraction of sp³-hybridized carbons (Fsp3) is 0.364. The fourth-order valence-corrected chi connectivity index (χ4v) is 3.26. The zero-order chi connectivity index (χ0) is 20.6. The molecule has 2 amide bonds. The summed E-state index contributed by atoms with van der Waals surface area (Å²) in [5, 5.41) is 5.92. The standard InChI is InChI=1S/C22H26ClN3O3/c1-16-10-12-26(13-11-16)19-6-4-18(5-7-19)25-21(27)14-24-22(28)15-29-20-8-2-17(23)3-9-20/h2-9,16H,10-15H2,1H3,(H,24,28)(H,25,27). The summed E-state index contributed by atoms with van der Waals surface area (Å²) in [5.41, 5.74) is 1.87. The molecule has 1 saturated heterocycles. The lowest BCUT2D eigenvalue weighted by molar-refractivity contribution is -0.125. The third-order valence-electron chi connectivity index (χ3n) is 4.93. The zero-order valence-corrected chi connectivity index (χ0v) is 17.2. The Bertz CT molecular complexity index is 816. The molecule has 1 fully saturated rings. The van der Waals surface area contributed by atoms with E-state index in [9.17, 15) is 9.59 Å². The van der Waals surface area contributed by atoms with Crippen molar-refractivity contribution < 1.29 is 14.3 Å². The highest BCUT2D eigenvalue weighted by Crippen LogP contribution is 2.24. The Morgan fingerprint density at radius 2 is 1.69 bits per heavy atom. The number of amides is 2. The summed E-state index contributed by atoms with van der Waals surface area (Å²) < 4.78 is 5.34. The molecule has 2 N–H and O–H groups in total. The van der Waals surface area contributed by atoms with E-state index in [1.165, 1.54) is 18.5 Å². The summed E-state index contributed by atoms with van der Waals surface area (Å²) in [7, 11) is 0. The van der Waals surface area contributed by atoms with Crippen LogP contribution in [-0.2, 0) is 9.59 Å². The Morgan fingerprint density at radius 3 is 2.34 bits per heavy atom. The predicted octanol–water partition coefficient (Wildman–Crippen LogP) is 3.71. The number of ether oxygens (including phenoxy) is 1. The molecular weight excluding hydrogens is 390 g/mol. The highest BCUT2D eigenvalue weighted by atomic mass is 35.5. The maximum Gasteiger partial charge on any atom is 0.258 e. The first-order chi connectivity index (χ1) is 14.0. The average Bonchev–Trinajstić information content (AvgIpc) is 2.73. The molecular formula is C22H26ClN3O3. The quantitative estimate of drug-likeness (QED) is 0.723. The highest BCUT2D eigenvalue weighted by molar-refractivity contribution is 6.30. The lowest BCUT2D eigenvalue weighted by atomic mass is 9.99. The molecule has 0 bridgehead atoms. The molecule has 6 nitrogen and oxygen atoms in total. The van der Waals surface area contributed by atoms with Gasteiger partial charge in [0.15, 0.2) is 6.61 Å². The Morgan fingerprint density at radius 1 is 1.03 bits per heavy atom. The van der Waals surface area contributed by atoms with Crippen LogP contribution in [0.2, 0.25) is 5.02 Å². The molecule has 0 spiro atoms. The normalized spacial score (nSPS) is 14.3. The van der Waals surface area contributed by atoms with Gasteiger partial charge in [-0.3, -0.25) is 9.59 Å². The van der Waals surface area contributed by atoms with E-state index in [0.717, 1.165) is 19.0 Å². The molecule has 1 aliphatic heterocycles. The van der Waals surface area contributed by atoms with Gasteiger partial charge in [-0.1, -0.05) is 18.5 Å². The van der Waals surface area contributed by atoms with Crippen LogP contribution in [0.15, 0.2) is 48.5 Å². The van der Waals surface area contributed by atoms with Crippen molar-refractivity contribution in [3.63, 3.8) is 0 Å². The van der Waals surface area contributed by atoms with Crippen LogP contribution in [0.1, 0.15) is 19.8 Å². The van der Waals surface area contributed by atoms with Gasteiger partial charge in [-0.2, -0.15) is 0 Å². The van der Waals surface area contributed by atoms with E-state index in [2.05, 4.69) is 22.5 Å². The van der Waals surface area contributed by atoms with Crippen LogP contribution in [0.4, 0.5) is 11.4 Å². The van der Waals surface area contributed by atoms with Gasteiger partial charge >= 0.3 is 0 Å². The van der Waals surface area contributed by atoms with Crippen LogP contribution in [0, 0.1) is 5.92 Å². The number of halogens is 1. The molecule has 0 radical (unpaired) electrons. The molecule has 0 saturated carbocycles. The summed E-state index contributed by atoms with van der Waals surface area (Å²) in [6.07, 6.45) is 2.42. The monoisotopic (exact) mass is 415 g/mol. The van der Waals surface area contributed by atoms with E-state index < -0.39 is 0 Å². The molecule has 1 heterocycles. The zero-order valence-electron chi connectivity index (χ0n) is 16.5. The van der Waals surface area contributed by atoms with Crippen LogP contribution in [0.3, 0.4) is 0 Å². The maximum atomic E-state index is 12.1. The number of carbonyl (C=O) groups is 2. The van der Waals surface area contributed by atoms with Gasteiger partial charge in [0.25, 0.3) is 5.91 Å². The maximum absolute atomic E-state index is 12.1. The molecule has 0 unspecified atom stereocenters. The molecule has 7 heteroatoms. The van der Waals surface area contributed by atoms with E-state index in [0.29, 0.717) is 16.5 Å². The Labute approximate surface area is 176 Å². The van der Waals surface area contributed by atoms with Gasteiger partial charge in [-0.15, -0.1) is 0 Å². The van der Waals surface area contributed by atoms with Gasteiger partial charge in [-0.25, -0.2) is 0 Å². The topological polar surface area (TPSA) is 70.7 Å². The van der Waals surface area contributed by atoms with Crippen molar-refractivity contribution in [2.45, 2.75) is 19.8 Å². The molecule has 0 atom stereocenters. The number of anilines is 2. The average molecular weight is 416 g/mol. The summed E-state index contributed by atoms with van der Waals surface area (Å²) in [6.45, 7) is 4.14. The van der Waals surface area contributed by atoms with Gasteiger partial charge in [0.2, 0.25) is 5.91 Å². The third kappa shape index (κ3) is 6.68. The number of piperidine rings is 1. The molecule has 0 aliphatic carbocycles. The van der Waals surface area contributed by atoms with Gasteiger partial charge in [0.05, 0.1) is 6.54 Å². The third-order valence-corrected chi connectivity index (χ3v) is 5.18. The summed E-state index contributed by atoms with van der Waals surface area (Å²) >= 11 is 5.80. The number of hydrogen-bond acceptors (Lipinski definition) is 4. The number of nitrogens with one attached hydrogen (secondary N) is 2. The summed E-state index contributed by atoms with van der Waals surface area (Å²) in [5.74, 6) is 0.669. The van der Waals surface area contributed by atoms with Crippen molar-refractivity contribution in [3.8, 4) is 5.75 Å². The molecule has 154 valence electrons. The summed E-state index contributed by atoms with van der Waals surface area (Å²) in [6, 6.07) is 14.5. The van der Waals surface area contributed by atoms with Crippen molar-refractivity contribution in [2.75, 3.05) is 36.5 Å². The lowest BCUT2D eigenvalue weighted by Gasteiger charge is -2.32. The van der Waals surface area contributed by atoms with Crippen molar-refractivity contribution in [3.05, 3.63) is 53.6 Å². The number of rotatable bonds is 7. The second-order valence-electron chi connectivity index (χ2n) is 7.28. The number of carbonyl (C=O) groups excluding carboxylic acids is 2. The minimum absolute atomic E-state index is 0.116. The van der Waals surface area contributed by atoms with Crippen LogP contribution < -0.4 is 20.3 Å². The van der Waals surface area contributed by atoms with E-state index in [4.69, 9.17) is 16.3 Å². The van der Waals surface area contributed by atoms with E-state index in [1.54, 1.807) is 24.3 Å². The largest absolute Gasteiger partial charge is 0.484 e. The second-order valence-corrected chi connectivity index (χ2v) is 7.72. The Hall–Kier alpha value is -2.73. The fourth-order valence-electron chi connectivity index (χ4n) is 3.14. The van der Waals surface area contributed by atoms with Crippen LogP contribution in [0.25, 0.3) is 0 Å². The van der Waals surface area contributed by atoms with E-state index in [-0.39, 0.29) is 25.0 Å². The van der Waals surface area contributed by atoms with Crippen LogP contribution >= 0.6 is 11.6 Å². The van der Waals surface area contributed by atoms with Crippen molar-refractivity contribution in [2.24, 2.45) is 5.92 Å². The molecule has 0 aromatic heterocycles. The van der Waals surface area contributed by atoms with E-state index in [1.807, 2.05) is 24.3 Å². The number of nitrogens with zero attached hydrogens (tertiary/aromatic N) is 1. The number of hydrogen-bond donors (Lipinski definition) is 2. The van der Waals surface area contributed by atoms with Gasteiger partial charge in [0, 0.05) is 29.5 Å². The van der Waals surface area contributed by atoms with Gasteiger partial charge in [-0.05, 0) is 67.3 Å². The molecule has 1 aliphatic rings. The minimum atomic E-state index is -0.371. The SMILES string of the molecule is CC1CCN(c2ccc(NC(=O)CNC(=O)COc3ccc(Cl)cc3)cc2)CC1. The predicted molar refractivity (Wildman–Crippen MR) is 116 cm³/mol. The van der Waals surface area contributed by atoms with Crippen LogP contribution in [-0.4, -0.2) is 38.1 Å². The lowest BCUT2D eigenvalue weighted by Crippen LogP contribution is -2.35. The molecule has 3 rings (SSSR count). The van der Waals surface area contributed by atoms with E-state index >= 15 is 0 Å². The van der Waals surface area contributed by atoms with Gasteiger partial charge in [0.1, 0.15) is 5.75 Å². The van der Waals surface area contributed by atoms with Gasteiger partial charge < -0.3 is 20.3 Å². The van der Waals surface area contributed by atoms with Crippen LogP contribution in [0.5, 0.6) is 5.75 Å². The Balaban J connectivity index is 1.38. The summed E-state index contributed by atoms with van der Waals surface area (Å²) in [4.78, 5) is 26.3. The first-order valence-corrected chi connectivity index (χ1v) is 10.2. The first-order valence-electron chi connectivity index (χ1n) is 9.79. The smallest absolute Gasteiger partial charge is 0.258 e.